The van der Waals surface area contributed by atoms with Crippen LogP contribution in [0.4, 0.5) is 0 Å². The minimum Gasteiger partial charge on any atom is -0.381 e. The largest absolute Gasteiger partial charge is 0.381 e. The van der Waals surface area contributed by atoms with Gasteiger partial charge in [0.1, 0.15) is 6.04 Å². The van der Waals surface area contributed by atoms with Crippen LogP contribution in [0, 0.1) is 17.2 Å². The summed E-state index contributed by atoms with van der Waals surface area (Å²) in [5.74, 6) is 1.09. The van der Waals surface area contributed by atoms with Crippen LogP contribution < -0.4 is 5.32 Å². The highest BCUT2D eigenvalue weighted by Crippen LogP contribution is 2.30. The van der Waals surface area contributed by atoms with Crippen molar-refractivity contribution in [2.24, 2.45) is 5.92 Å². The van der Waals surface area contributed by atoms with Crippen LogP contribution in [0.3, 0.4) is 0 Å². The van der Waals surface area contributed by atoms with E-state index in [1.165, 1.54) is 0 Å². The first kappa shape index (κ1) is 18.1. The Morgan fingerprint density at radius 2 is 2.12 bits per heavy atom. The molecule has 1 saturated heterocycles. The zero-order valence-corrected chi connectivity index (χ0v) is 14.9. The van der Waals surface area contributed by atoms with E-state index in [0.717, 1.165) is 12.8 Å². The number of nitrogens with zero attached hydrogens (tertiary/aromatic N) is 3. The molecule has 0 aliphatic carbocycles. The van der Waals surface area contributed by atoms with Crippen molar-refractivity contribution in [3.8, 4) is 6.07 Å². The minimum absolute atomic E-state index is 0.144. The van der Waals surface area contributed by atoms with Crippen molar-refractivity contribution in [1.29, 1.82) is 5.26 Å². The summed E-state index contributed by atoms with van der Waals surface area (Å²) in [5.41, 5.74) is 0.879. The molecule has 1 aliphatic rings. The molecule has 1 fully saturated rings. The number of rotatable bonds is 5. The second-order valence-corrected chi connectivity index (χ2v) is 6.74. The standard InChI is InChI=1S/C19H22N4O3/c1-12(2)17-22-19(26-23-17)16(14-6-8-25-9-7-14)21-18(24)15-5-3-4-13(10-15)11-20/h3-5,10,12,14,16H,6-9H2,1-2H3,(H,21,24)/t16-/m1/s1. The SMILES string of the molecule is CC(C)c1noc([C@H](NC(=O)c2cccc(C#N)c2)C2CCOCC2)n1. The zero-order chi connectivity index (χ0) is 18.5. The molecule has 1 aromatic heterocycles. The van der Waals surface area contributed by atoms with Gasteiger partial charge in [-0.25, -0.2) is 0 Å². The number of ether oxygens (including phenoxy) is 1. The molecule has 1 N–H and O–H groups in total. The quantitative estimate of drug-likeness (QED) is 0.886. The zero-order valence-electron chi connectivity index (χ0n) is 14.9. The molecule has 3 rings (SSSR count). The minimum atomic E-state index is -0.378. The number of nitrogens with one attached hydrogen (secondary N) is 1. The first-order valence-corrected chi connectivity index (χ1v) is 8.80. The molecule has 0 spiro atoms. The Kier molecular flexibility index (Phi) is 5.64. The van der Waals surface area contributed by atoms with Crippen molar-refractivity contribution >= 4 is 5.91 Å². The van der Waals surface area contributed by atoms with Gasteiger partial charge in [-0.15, -0.1) is 0 Å². The first-order valence-electron chi connectivity index (χ1n) is 8.80. The average molecular weight is 354 g/mol. The third kappa shape index (κ3) is 4.09. The summed E-state index contributed by atoms with van der Waals surface area (Å²) in [7, 11) is 0. The second-order valence-electron chi connectivity index (χ2n) is 6.74. The molecule has 26 heavy (non-hydrogen) atoms. The smallest absolute Gasteiger partial charge is 0.251 e. The maximum atomic E-state index is 12.7. The Morgan fingerprint density at radius 3 is 2.77 bits per heavy atom. The van der Waals surface area contributed by atoms with E-state index < -0.39 is 0 Å². The topological polar surface area (TPSA) is 101 Å². The molecule has 1 atom stereocenters. The average Bonchev–Trinajstić information content (AvgIpc) is 3.17. The van der Waals surface area contributed by atoms with Crippen molar-refractivity contribution in [2.75, 3.05) is 13.2 Å². The van der Waals surface area contributed by atoms with E-state index in [2.05, 4.69) is 15.5 Å². The van der Waals surface area contributed by atoms with Gasteiger partial charge in [-0.1, -0.05) is 25.1 Å². The lowest BCUT2D eigenvalue weighted by Crippen LogP contribution is -2.36. The highest BCUT2D eigenvalue weighted by atomic mass is 16.5. The Balaban J connectivity index is 1.84. The molecule has 1 aromatic carbocycles. The van der Waals surface area contributed by atoms with Gasteiger partial charge in [0, 0.05) is 24.7 Å². The van der Waals surface area contributed by atoms with Gasteiger partial charge in [-0.2, -0.15) is 10.2 Å². The number of amides is 1. The fraction of sp³-hybridized carbons (Fsp3) is 0.474. The van der Waals surface area contributed by atoms with Crippen LogP contribution >= 0.6 is 0 Å². The summed E-state index contributed by atoms with van der Waals surface area (Å²) in [4.78, 5) is 17.2. The molecule has 1 aliphatic heterocycles. The third-order valence-electron chi connectivity index (χ3n) is 4.52. The molecular formula is C19H22N4O3. The lowest BCUT2D eigenvalue weighted by molar-refractivity contribution is 0.0468. The molecule has 1 amide bonds. The van der Waals surface area contributed by atoms with E-state index in [9.17, 15) is 4.79 Å². The summed E-state index contributed by atoms with van der Waals surface area (Å²) in [6.07, 6.45) is 1.62. The molecule has 2 heterocycles. The van der Waals surface area contributed by atoms with Crippen LogP contribution in [0.2, 0.25) is 0 Å². The summed E-state index contributed by atoms with van der Waals surface area (Å²) in [6, 6.07) is 8.29. The van der Waals surface area contributed by atoms with Gasteiger partial charge in [0.15, 0.2) is 5.82 Å². The molecule has 0 saturated carbocycles. The molecule has 2 aromatic rings. The van der Waals surface area contributed by atoms with Gasteiger partial charge in [0.2, 0.25) is 5.89 Å². The second kappa shape index (κ2) is 8.11. The molecule has 0 bridgehead atoms. The van der Waals surface area contributed by atoms with Crippen LogP contribution in [0.25, 0.3) is 0 Å². The van der Waals surface area contributed by atoms with Crippen LogP contribution in [0.1, 0.15) is 66.3 Å². The van der Waals surface area contributed by atoms with Crippen LogP contribution in [0.5, 0.6) is 0 Å². The van der Waals surface area contributed by atoms with Crippen molar-refractivity contribution in [3.63, 3.8) is 0 Å². The first-order chi connectivity index (χ1) is 12.6. The number of carbonyl (C=O) groups is 1. The Bertz CT molecular complexity index is 803. The monoisotopic (exact) mass is 354 g/mol. The fourth-order valence-electron chi connectivity index (χ4n) is 2.99. The Morgan fingerprint density at radius 1 is 1.35 bits per heavy atom. The van der Waals surface area contributed by atoms with Crippen LogP contribution in [-0.4, -0.2) is 29.3 Å². The van der Waals surface area contributed by atoms with Crippen molar-refractivity contribution < 1.29 is 14.1 Å². The molecule has 136 valence electrons. The number of hydrogen-bond donors (Lipinski definition) is 1. The highest BCUT2D eigenvalue weighted by molar-refractivity contribution is 5.94. The van der Waals surface area contributed by atoms with Gasteiger partial charge in [0.05, 0.1) is 11.6 Å². The number of hydrogen-bond acceptors (Lipinski definition) is 6. The number of aromatic nitrogens is 2. The number of benzene rings is 1. The van der Waals surface area contributed by atoms with Gasteiger partial charge in [-0.05, 0) is 37.0 Å². The van der Waals surface area contributed by atoms with E-state index in [1.54, 1.807) is 24.3 Å². The Hall–Kier alpha value is -2.72. The molecule has 0 radical (unpaired) electrons. The molecule has 0 unspecified atom stereocenters. The van der Waals surface area contributed by atoms with E-state index in [1.807, 2.05) is 19.9 Å². The summed E-state index contributed by atoms with van der Waals surface area (Å²) in [5, 5.41) is 16.1. The lowest BCUT2D eigenvalue weighted by Gasteiger charge is -2.28. The maximum Gasteiger partial charge on any atom is 0.251 e. The molecule has 7 nitrogen and oxygen atoms in total. The Labute approximate surface area is 152 Å². The number of carbonyl (C=O) groups excluding carboxylic acids is 1. The van der Waals surface area contributed by atoms with Gasteiger partial charge in [-0.3, -0.25) is 4.79 Å². The van der Waals surface area contributed by atoms with E-state index in [4.69, 9.17) is 14.5 Å². The summed E-state index contributed by atoms with van der Waals surface area (Å²) < 4.78 is 10.9. The predicted molar refractivity (Wildman–Crippen MR) is 93.3 cm³/mol. The third-order valence-corrected chi connectivity index (χ3v) is 4.52. The lowest BCUT2D eigenvalue weighted by atomic mass is 9.91. The predicted octanol–water partition coefficient (Wildman–Crippen LogP) is 2.96. The molecule has 7 heteroatoms. The maximum absolute atomic E-state index is 12.7. The van der Waals surface area contributed by atoms with E-state index in [-0.39, 0.29) is 23.8 Å². The van der Waals surface area contributed by atoms with Crippen molar-refractivity contribution in [2.45, 2.75) is 38.6 Å². The normalized spacial score (nSPS) is 16.2. The van der Waals surface area contributed by atoms with Crippen LogP contribution in [0.15, 0.2) is 28.8 Å². The molecular weight excluding hydrogens is 332 g/mol. The number of nitriles is 1. The summed E-state index contributed by atoms with van der Waals surface area (Å²) >= 11 is 0. The van der Waals surface area contributed by atoms with Crippen LogP contribution in [-0.2, 0) is 4.74 Å². The van der Waals surface area contributed by atoms with E-state index >= 15 is 0 Å². The fourth-order valence-corrected chi connectivity index (χ4v) is 2.99. The van der Waals surface area contributed by atoms with Crippen molar-refractivity contribution in [1.82, 2.24) is 15.5 Å². The van der Waals surface area contributed by atoms with Gasteiger partial charge >= 0.3 is 0 Å². The van der Waals surface area contributed by atoms with E-state index in [0.29, 0.717) is 36.1 Å². The highest BCUT2D eigenvalue weighted by Gasteiger charge is 2.32. The van der Waals surface area contributed by atoms with Gasteiger partial charge < -0.3 is 14.6 Å². The summed E-state index contributed by atoms with van der Waals surface area (Å²) in [6.45, 7) is 5.27. The van der Waals surface area contributed by atoms with Crippen molar-refractivity contribution in [3.05, 3.63) is 47.1 Å². The van der Waals surface area contributed by atoms with Gasteiger partial charge in [0.25, 0.3) is 5.91 Å².